The fraction of sp³-hybridized carbons (Fsp3) is 0.375. The Bertz CT molecular complexity index is 1310. The maximum atomic E-state index is 12.3. The van der Waals surface area contributed by atoms with Gasteiger partial charge in [0.05, 0.1) is 20.6 Å². The molecule has 2 amide bonds. The average molecular weight is 645 g/mol. The summed E-state index contributed by atoms with van der Waals surface area (Å²) < 4.78 is 15.7. The first kappa shape index (κ1) is 36.3. The summed E-state index contributed by atoms with van der Waals surface area (Å²) in [7, 11) is 4.39. The Kier molecular flexibility index (Phi) is 17.2. The van der Waals surface area contributed by atoms with E-state index in [4.69, 9.17) is 14.2 Å². The van der Waals surface area contributed by atoms with Gasteiger partial charge >= 0.3 is 6.09 Å². The van der Waals surface area contributed by atoms with Crippen molar-refractivity contribution in [1.82, 2.24) is 10.6 Å². The largest absolute Gasteiger partial charge is 0.504 e. The summed E-state index contributed by atoms with van der Waals surface area (Å²) >= 11 is 4.12. The highest BCUT2D eigenvalue weighted by Gasteiger charge is 2.11. The number of benzene rings is 2. The van der Waals surface area contributed by atoms with Crippen LogP contribution in [0, 0.1) is 0 Å². The minimum absolute atomic E-state index is 0.0138. The van der Waals surface area contributed by atoms with E-state index in [1.165, 1.54) is 50.7 Å². The van der Waals surface area contributed by atoms with Crippen molar-refractivity contribution in [3.63, 3.8) is 0 Å². The van der Waals surface area contributed by atoms with Crippen molar-refractivity contribution < 1.29 is 38.5 Å². The van der Waals surface area contributed by atoms with Gasteiger partial charge in [-0.1, -0.05) is 54.3 Å². The van der Waals surface area contributed by atoms with E-state index in [0.717, 1.165) is 37.9 Å². The molecule has 0 heterocycles. The second kappa shape index (κ2) is 20.9. The monoisotopic (exact) mass is 644 g/mol. The molecule has 0 atom stereocenters. The van der Waals surface area contributed by atoms with Crippen LogP contribution in [0.15, 0.2) is 48.6 Å². The Hall–Kier alpha value is -3.90. The lowest BCUT2D eigenvalue weighted by Gasteiger charge is -2.11. The molecule has 3 N–H and O–H groups in total. The first-order valence-corrected chi connectivity index (χ1v) is 16.2. The lowest BCUT2D eigenvalue weighted by molar-refractivity contribution is -0.122. The number of phenols is 1. The van der Waals surface area contributed by atoms with Gasteiger partial charge in [0.25, 0.3) is 0 Å². The van der Waals surface area contributed by atoms with Crippen molar-refractivity contribution in [3.05, 3.63) is 59.7 Å². The normalized spacial score (nSPS) is 11.0. The molecule has 2 aromatic carbocycles. The van der Waals surface area contributed by atoms with E-state index in [-0.39, 0.29) is 54.2 Å². The fourth-order valence-electron chi connectivity index (χ4n) is 3.91. The van der Waals surface area contributed by atoms with Crippen LogP contribution in [0.1, 0.15) is 56.1 Å². The van der Waals surface area contributed by atoms with E-state index in [0.29, 0.717) is 17.5 Å². The SMILES string of the molecule is COc1cc(C=CC(=O)CC(=O)C=Cc2ccc(OC(=O)NCCNC(=O)CCCCCCCSS)c(OC)c2)ccc1O. The molecule has 0 aromatic heterocycles. The van der Waals surface area contributed by atoms with Gasteiger partial charge in [0.15, 0.2) is 34.6 Å². The van der Waals surface area contributed by atoms with Crippen LogP contribution in [0.4, 0.5) is 4.79 Å². The standard InChI is InChI=1S/C32H40N2O8S2/c1-40-29-20-23(11-15-27(29)37)9-13-25(35)22-26(36)14-10-24-12-16-28(30(21-24)41-2)42-32(39)34-18-17-33-31(38)8-6-4-3-5-7-19-44-43/h9-16,20-21,37,43H,3-8,17-19,22H2,1-2H3,(H,33,38)(H,34,39). The molecule has 10 nitrogen and oxygen atoms in total. The van der Waals surface area contributed by atoms with E-state index in [9.17, 15) is 24.3 Å². The van der Waals surface area contributed by atoms with Gasteiger partial charge < -0.3 is 30.0 Å². The fourth-order valence-corrected chi connectivity index (χ4v) is 4.63. The number of allylic oxidation sites excluding steroid dienone is 2. The summed E-state index contributed by atoms with van der Waals surface area (Å²) in [6, 6.07) is 9.39. The first-order chi connectivity index (χ1) is 21.2. The van der Waals surface area contributed by atoms with Gasteiger partial charge in [-0.05, 0) is 60.4 Å². The van der Waals surface area contributed by atoms with E-state index in [1.54, 1.807) is 35.1 Å². The highest BCUT2D eigenvalue weighted by atomic mass is 33.1. The number of unbranched alkanes of at least 4 members (excludes halogenated alkanes) is 4. The summed E-state index contributed by atoms with van der Waals surface area (Å²) in [4.78, 5) is 48.7. The third-order valence-corrected chi connectivity index (χ3v) is 7.24. The third-order valence-electron chi connectivity index (χ3n) is 6.22. The Morgan fingerprint density at radius 1 is 0.795 bits per heavy atom. The molecule has 2 rings (SSSR count). The van der Waals surface area contributed by atoms with Crippen LogP contribution >= 0.6 is 22.5 Å². The van der Waals surface area contributed by atoms with Gasteiger partial charge in [-0.25, -0.2) is 4.79 Å². The second-order valence-corrected chi connectivity index (χ2v) is 11.1. The molecule has 0 unspecified atom stereocenters. The van der Waals surface area contributed by atoms with Gasteiger partial charge in [-0.15, -0.1) is 11.7 Å². The first-order valence-electron chi connectivity index (χ1n) is 14.2. The van der Waals surface area contributed by atoms with Crippen molar-refractivity contribution in [2.24, 2.45) is 0 Å². The summed E-state index contributed by atoms with van der Waals surface area (Å²) in [5.74, 6) is 0.927. The number of ether oxygens (including phenoxy) is 3. The number of methoxy groups -OCH3 is 2. The number of hydrogen-bond acceptors (Lipinski definition) is 10. The Morgan fingerprint density at radius 2 is 1.39 bits per heavy atom. The number of hydrogen-bond donors (Lipinski definition) is 4. The molecule has 12 heteroatoms. The molecule has 0 radical (unpaired) electrons. The highest BCUT2D eigenvalue weighted by molar-refractivity contribution is 8.68. The summed E-state index contributed by atoms with van der Waals surface area (Å²) in [6.45, 7) is 0.486. The van der Waals surface area contributed by atoms with E-state index in [2.05, 4.69) is 22.3 Å². The number of carbonyl (C=O) groups is 4. The zero-order valence-electron chi connectivity index (χ0n) is 25.0. The predicted octanol–water partition coefficient (Wildman–Crippen LogP) is 5.79. The quantitative estimate of drug-likeness (QED) is 0.0464. The minimum Gasteiger partial charge on any atom is -0.504 e. The number of rotatable bonds is 20. The smallest absolute Gasteiger partial charge is 0.412 e. The molecule has 0 fully saturated rings. The van der Waals surface area contributed by atoms with Crippen LogP contribution < -0.4 is 24.8 Å². The molecule has 0 aliphatic rings. The zero-order valence-corrected chi connectivity index (χ0v) is 26.7. The molecule has 0 saturated heterocycles. The van der Waals surface area contributed by atoms with Crippen LogP contribution in [0.25, 0.3) is 12.2 Å². The topological polar surface area (TPSA) is 140 Å². The zero-order chi connectivity index (χ0) is 32.2. The number of aromatic hydroxyl groups is 1. The number of carbonyl (C=O) groups excluding carboxylic acids is 4. The summed E-state index contributed by atoms with van der Waals surface area (Å²) in [6.07, 6.45) is 10.3. The van der Waals surface area contributed by atoms with Crippen LogP contribution in [0.3, 0.4) is 0 Å². The van der Waals surface area contributed by atoms with Gasteiger partial charge in [0.1, 0.15) is 0 Å². The maximum Gasteiger partial charge on any atom is 0.412 e. The minimum atomic E-state index is -0.701. The van der Waals surface area contributed by atoms with Crippen molar-refractivity contribution in [1.29, 1.82) is 0 Å². The molecule has 0 bridgehead atoms. The molecule has 0 aliphatic heterocycles. The second-order valence-electron chi connectivity index (χ2n) is 9.63. The summed E-state index contributed by atoms with van der Waals surface area (Å²) in [5, 5.41) is 15.0. The van der Waals surface area contributed by atoms with Gasteiger partial charge in [0, 0.05) is 25.3 Å². The third kappa shape index (κ3) is 14.5. The Labute approximate surface area is 267 Å². The van der Waals surface area contributed by atoms with Crippen molar-refractivity contribution >= 4 is 58.2 Å². The molecule has 44 heavy (non-hydrogen) atoms. The molecule has 0 aliphatic carbocycles. The molecule has 238 valence electrons. The van der Waals surface area contributed by atoms with E-state index >= 15 is 0 Å². The lowest BCUT2D eigenvalue weighted by atomic mass is 10.1. The maximum absolute atomic E-state index is 12.3. The number of amides is 2. The lowest BCUT2D eigenvalue weighted by Crippen LogP contribution is -2.36. The Morgan fingerprint density at radius 3 is 2.05 bits per heavy atom. The molecule has 0 saturated carbocycles. The predicted molar refractivity (Wildman–Crippen MR) is 177 cm³/mol. The van der Waals surface area contributed by atoms with Crippen LogP contribution in [0.5, 0.6) is 23.0 Å². The van der Waals surface area contributed by atoms with Crippen molar-refractivity contribution in [3.8, 4) is 23.0 Å². The highest BCUT2D eigenvalue weighted by Crippen LogP contribution is 2.29. The molecule has 0 spiro atoms. The molecular weight excluding hydrogens is 604 g/mol. The number of ketones is 2. The average Bonchev–Trinajstić information content (AvgIpc) is 3.01. The number of nitrogens with one attached hydrogen (secondary N) is 2. The van der Waals surface area contributed by atoms with Crippen molar-refractivity contribution in [2.75, 3.05) is 33.1 Å². The Balaban J connectivity index is 1.74. The van der Waals surface area contributed by atoms with Crippen molar-refractivity contribution in [2.45, 2.75) is 44.9 Å². The molecular formula is C32H40N2O8S2. The van der Waals surface area contributed by atoms with Gasteiger partial charge in [-0.3, -0.25) is 14.4 Å². The van der Waals surface area contributed by atoms with Crippen LogP contribution in [-0.4, -0.2) is 61.7 Å². The van der Waals surface area contributed by atoms with Crippen LogP contribution in [0.2, 0.25) is 0 Å². The van der Waals surface area contributed by atoms with E-state index in [1.807, 2.05) is 0 Å². The van der Waals surface area contributed by atoms with Gasteiger partial charge in [-0.2, -0.15) is 0 Å². The number of phenolic OH excluding ortho intramolecular Hbond substituents is 1. The van der Waals surface area contributed by atoms with Gasteiger partial charge in [0.2, 0.25) is 5.91 Å². The summed E-state index contributed by atoms with van der Waals surface area (Å²) in [5.41, 5.74) is 1.24. The van der Waals surface area contributed by atoms with E-state index < -0.39 is 11.9 Å². The molecule has 2 aromatic rings. The number of thiol groups is 1. The van der Waals surface area contributed by atoms with Crippen LogP contribution in [-0.2, 0) is 14.4 Å².